The minimum atomic E-state index is -0.111. The van der Waals surface area contributed by atoms with Gasteiger partial charge in [-0.2, -0.15) is 5.06 Å². The van der Waals surface area contributed by atoms with Crippen LogP contribution in [-0.2, 0) is 4.84 Å². The third-order valence-electron chi connectivity index (χ3n) is 4.60. The molecule has 3 aromatic rings. The van der Waals surface area contributed by atoms with Gasteiger partial charge < -0.3 is 5.11 Å². The minimum absolute atomic E-state index is 0.0619. The molecule has 0 bridgehead atoms. The fourth-order valence-corrected chi connectivity index (χ4v) is 3.54. The monoisotopic (exact) mass is 293 g/mol. The lowest BCUT2D eigenvalue weighted by Gasteiger charge is -2.20. The molecule has 1 aliphatic rings. The van der Waals surface area contributed by atoms with Gasteiger partial charge in [-0.15, -0.1) is 0 Å². The van der Waals surface area contributed by atoms with Crippen LogP contribution >= 0.6 is 0 Å². The third-order valence-corrected chi connectivity index (χ3v) is 4.60. The molecule has 2 atom stereocenters. The summed E-state index contributed by atoms with van der Waals surface area (Å²) >= 11 is 0. The zero-order chi connectivity index (χ0) is 15.1. The first-order valence-corrected chi connectivity index (χ1v) is 7.69. The molecule has 1 saturated heterocycles. The Morgan fingerprint density at radius 3 is 2.45 bits per heavy atom. The minimum Gasteiger partial charge on any atom is -0.394 e. The molecule has 1 aliphatic heterocycles. The zero-order valence-electron chi connectivity index (χ0n) is 12.6. The van der Waals surface area contributed by atoms with Crippen molar-refractivity contribution < 1.29 is 9.94 Å². The Balaban J connectivity index is 1.96. The predicted molar refractivity (Wildman–Crippen MR) is 88.5 cm³/mol. The van der Waals surface area contributed by atoms with E-state index >= 15 is 0 Å². The highest BCUT2D eigenvalue weighted by Gasteiger charge is 2.32. The topological polar surface area (TPSA) is 32.7 Å². The van der Waals surface area contributed by atoms with Crippen molar-refractivity contribution in [3.63, 3.8) is 0 Å². The number of nitrogens with zero attached hydrogens (tertiary/aromatic N) is 1. The largest absolute Gasteiger partial charge is 0.394 e. The second-order valence-electron chi connectivity index (χ2n) is 5.94. The van der Waals surface area contributed by atoms with E-state index in [1.54, 1.807) is 0 Å². The van der Waals surface area contributed by atoms with E-state index < -0.39 is 0 Å². The van der Waals surface area contributed by atoms with Crippen molar-refractivity contribution >= 4 is 21.5 Å². The van der Waals surface area contributed by atoms with E-state index in [0.717, 1.165) is 6.42 Å². The smallest absolute Gasteiger partial charge is 0.104 e. The molecule has 0 radical (unpaired) electrons. The summed E-state index contributed by atoms with van der Waals surface area (Å²) in [4.78, 5) is 5.72. The number of hydrogen-bond donors (Lipinski definition) is 1. The lowest BCUT2D eigenvalue weighted by atomic mass is 9.92. The fourth-order valence-electron chi connectivity index (χ4n) is 3.54. The van der Waals surface area contributed by atoms with Crippen LogP contribution in [0.3, 0.4) is 0 Å². The van der Waals surface area contributed by atoms with Crippen LogP contribution < -0.4 is 0 Å². The molecule has 0 aromatic heterocycles. The molecule has 0 saturated carbocycles. The van der Waals surface area contributed by atoms with Gasteiger partial charge in [0.25, 0.3) is 0 Å². The maximum atomic E-state index is 9.38. The molecule has 3 nitrogen and oxygen atoms in total. The van der Waals surface area contributed by atoms with Crippen LogP contribution in [0.15, 0.2) is 54.6 Å². The molecule has 3 heteroatoms. The van der Waals surface area contributed by atoms with Gasteiger partial charge in [-0.25, -0.2) is 0 Å². The summed E-state index contributed by atoms with van der Waals surface area (Å²) in [6.45, 7) is 0.0619. The normalized spacial score (nSPS) is 22.6. The Morgan fingerprint density at radius 1 is 1.05 bits per heavy atom. The van der Waals surface area contributed by atoms with Gasteiger partial charge in [-0.3, -0.25) is 4.84 Å². The van der Waals surface area contributed by atoms with E-state index in [-0.39, 0.29) is 18.8 Å². The standard InChI is InChI=1S/C19H19NO2/c1-20-19(11-14(12-21)22-20)18-10-13-6-2-3-7-15(13)16-8-4-5-9-17(16)18/h2-10,14,19,21H,11-12H2,1H3/t14-,19+/m0/s1. The van der Waals surface area contributed by atoms with Gasteiger partial charge in [-0.05, 0) is 39.6 Å². The van der Waals surface area contributed by atoms with Crippen LogP contribution in [-0.4, -0.2) is 29.9 Å². The van der Waals surface area contributed by atoms with Crippen molar-refractivity contribution in [1.82, 2.24) is 5.06 Å². The average molecular weight is 293 g/mol. The maximum Gasteiger partial charge on any atom is 0.104 e. The highest BCUT2D eigenvalue weighted by atomic mass is 16.7. The number of rotatable bonds is 2. The van der Waals surface area contributed by atoms with Crippen LogP contribution in [0, 0.1) is 0 Å². The predicted octanol–water partition coefficient (Wildman–Crippen LogP) is 3.66. The van der Waals surface area contributed by atoms with Crippen molar-refractivity contribution in [2.45, 2.75) is 18.6 Å². The van der Waals surface area contributed by atoms with Crippen molar-refractivity contribution in [1.29, 1.82) is 0 Å². The first-order chi connectivity index (χ1) is 10.8. The Kier molecular flexibility index (Phi) is 3.34. The summed E-state index contributed by atoms with van der Waals surface area (Å²) in [5.74, 6) is 0. The van der Waals surface area contributed by atoms with Crippen LogP contribution in [0.25, 0.3) is 21.5 Å². The number of hydroxylamine groups is 2. The molecule has 1 N–H and O–H groups in total. The Labute approximate surface area is 129 Å². The molecule has 3 aromatic carbocycles. The van der Waals surface area contributed by atoms with Crippen molar-refractivity contribution in [2.24, 2.45) is 0 Å². The van der Waals surface area contributed by atoms with Gasteiger partial charge in [0.15, 0.2) is 0 Å². The van der Waals surface area contributed by atoms with Crippen LogP contribution in [0.2, 0.25) is 0 Å². The lowest BCUT2D eigenvalue weighted by molar-refractivity contribution is -0.153. The number of benzene rings is 3. The summed E-state index contributed by atoms with van der Waals surface area (Å²) in [6, 6.07) is 19.5. The summed E-state index contributed by atoms with van der Waals surface area (Å²) in [5, 5.41) is 16.3. The van der Waals surface area contributed by atoms with Gasteiger partial charge in [0.05, 0.1) is 12.6 Å². The fraction of sp³-hybridized carbons (Fsp3) is 0.263. The van der Waals surface area contributed by atoms with Crippen molar-refractivity contribution in [3.05, 3.63) is 60.2 Å². The summed E-state index contributed by atoms with van der Waals surface area (Å²) in [6.07, 6.45) is 0.704. The Bertz CT molecular complexity index is 830. The number of fused-ring (bicyclic) bond motifs is 3. The van der Waals surface area contributed by atoms with Crippen molar-refractivity contribution in [2.75, 3.05) is 13.7 Å². The molecule has 1 fully saturated rings. The Hall–Kier alpha value is -1.94. The van der Waals surface area contributed by atoms with E-state index in [1.165, 1.54) is 27.1 Å². The molecule has 22 heavy (non-hydrogen) atoms. The van der Waals surface area contributed by atoms with E-state index in [9.17, 15) is 5.11 Å². The highest BCUT2D eigenvalue weighted by Crippen LogP contribution is 2.39. The molecule has 0 unspecified atom stereocenters. The van der Waals surface area contributed by atoms with E-state index in [1.807, 2.05) is 12.1 Å². The van der Waals surface area contributed by atoms with Crippen LogP contribution in [0.4, 0.5) is 0 Å². The van der Waals surface area contributed by atoms with Crippen LogP contribution in [0.5, 0.6) is 0 Å². The number of aliphatic hydroxyl groups is 1. The molecule has 0 aliphatic carbocycles. The van der Waals surface area contributed by atoms with E-state index in [4.69, 9.17) is 4.84 Å². The first-order valence-electron chi connectivity index (χ1n) is 7.69. The molecule has 112 valence electrons. The van der Waals surface area contributed by atoms with Gasteiger partial charge in [-0.1, -0.05) is 48.5 Å². The van der Waals surface area contributed by atoms with Crippen LogP contribution in [0.1, 0.15) is 18.0 Å². The van der Waals surface area contributed by atoms with Gasteiger partial charge in [0.2, 0.25) is 0 Å². The number of hydrogen-bond acceptors (Lipinski definition) is 3. The summed E-state index contributed by atoms with van der Waals surface area (Å²) < 4.78 is 0. The van der Waals surface area contributed by atoms with Gasteiger partial charge in [0, 0.05) is 7.05 Å². The van der Waals surface area contributed by atoms with Gasteiger partial charge >= 0.3 is 0 Å². The lowest BCUT2D eigenvalue weighted by Crippen LogP contribution is -2.18. The Morgan fingerprint density at radius 2 is 1.73 bits per heavy atom. The highest BCUT2D eigenvalue weighted by molar-refractivity contribution is 6.09. The molecule has 0 amide bonds. The molecule has 1 heterocycles. The second kappa shape index (κ2) is 5.36. The summed E-state index contributed by atoms with van der Waals surface area (Å²) in [5.41, 5.74) is 1.27. The van der Waals surface area contributed by atoms with E-state index in [2.05, 4.69) is 54.6 Å². The summed E-state index contributed by atoms with van der Waals surface area (Å²) in [7, 11) is 1.95. The molecular weight excluding hydrogens is 274 g/mol. The quantitative estimate of drug-likeness (QED) is 0.732. The molecule has 0 spiro atoms. The molecular formula is C19H19NO2. The zero-order valence-corrected chi connectivity index (χ0v) is 12.6. The van der Waals surface area contributed by atoms with Gasteiger partial charge in [0.1, 0.15) is 6.10 Å². The maximum absolute atomic E-state index is 9.38. The first kappa shape index (κ1) is 13.7. The SMILES string of the molecule is CN1O[C@H](CO)C[C@@H]1c1cc2ccccc2c2ccccc12. The molecule has 4 rings (SSSR count). The third kappa shape index (κ3) is 2.10. The average Bonchev–Trinajstić information content (AvgIpc) is 2.95. The van der Waals surface area contributed by atoms with E-state index in [0.29, 0.717) is 0 Å². The van der Waals surface area contributed by atoms with Crippen molar-refractivity contribution in [3.8, 4) is 0 Å². The number of aliphatic hydroxyl groups excluding tert-OH is 1. The second-order valence-corrected chi connectivity index (χ2v) is 5.94.